The summed E-state index contributed by atoms with van der Waals surface area (Å²) in [6.07, 6.45) is 32.5. The Kier molecular flexibility index (Phi) is 44.6. The van der Waals surface area contributed by atoms with E-state index in [0.717, 1.165) is 0 Å². The van der Waals surface area contributed by atoms with E-state index in [-0.39, 0.29) is 78.6 Å². The van der Waals surface area contributed by atoms with Gasteiger partial charge in [-0.3, -0.25) is 29.3 Å². The van der Waals surface area contributed by atoms with Crippen LogP contribution in [0.4, 0.5) is 0 Å². The van der Waals surface area contributed by atoms with Gasteiger partial charge in [-0.15, -0.1) is 40.0 Å². The molecular formula is C54H81N15O6Os3. The van der Waals surface area contributed by atoms with E-state index in [1.807, 2.05) is 216 Å². The molecule has 0 fully saturated rings. The molecule has 24 heteroatoms. The summed E-state index contributed by atoms with van der Waals surface area (Å²) in [5.41, 5.74) is 1.78. The Morgan fingerprint density at radius 1 is 0.346 bits per heavy atom. The van der Waals surface area contributed by atoms with Crippen molar-refractivity contribution in [2.75, 3.05) is 42.3 Å². The summed E-state index contributed by atoms with van der Waals surface area (Å²) in [5.74, 6) is -2.55. The Balaban J connectivity index is -0.000000834. The summed E-state index contributed by atoms with van der Waals surface area (Å²) in [7, 11) is 12.0. The molecule has 0 aliphatic carbocycles. The molecule has 0 spiro atoms. The molecule has 3 aromatic heterocycles. The SMILES string of the molecule is CCC.CCC.CCC.CN1C=CN(N2C=CN(C)[CH-]2)[CH-]1.CN1C=CN(N2C=CN(C)[CH-]2)[CH-]1.CN1C=CN(N2C=CN(C)[CH-]2)[CH-]1.O=C(O)Cc1ccccn1.O=C(O)Cc1ccccn1.O=C(O)Cc1ccccn1.[Os+2].[Os+2].[Os+2]. The zero-order valence-electron chi connectivity index (χ0n) is 46.9. The van der Waals surface area contributed by atoms with Crippen molar-refractivity contribution in [1.29, 1.82) is 0 Å². The van der Waals surface area contributed by atoms with Crippen LogP contribution in [0.2, 0.25) is 0 Å². The minimum absolute atomic E-state index is 0. The molecule has 21 nitrogen and oxygen atoms in total. The summed E-state index contributed by atoms with van der Waals surface area (Å²) >= 11 is 0. The third kappa shape index (κ3) is 36.0. The number of rotatable bonds is 9. The van der Waals surface area contributed by atoms with Gasteiger partial charge in [0.05, 0.1) is 36.3 Å². The van der Waals surface area contributed by atoms with Crippen molar-refractivity contribution in [1.82, 2.24) is 74.4 Å². The third-order valence-electron chi connectivity index (χ3n) is 8.51. The molecule has 432 valence electrons. The zero-order valence-corrected chi connectivity index (χ0v) is 54.5. The predicted octanol–water partition coefficient (Wildman–Crippen LogP) is 8.10. The minimum atomic E-state index is -0.848. The number of aliphatic carboxylic acids is 3. The fourth-order valence-corrected chi connectivity index (χ4v) is 5.41. The van der Waals surface area contributed by atoms with E-state index < -0.39 is 17.9 Å². The normalized spacial score (nSPS) is 14.3. The van der Waals surface area contributed by atoms with Gasteiger partial charge >= 0.3 is 77.3 Å². The first kappa shape index (κ1) is 76.0. The van der Waals surface area contributed by atoms with Crippen LogP contribution in [0.15, 0.2) is 148 Å². The molecule has 78 heavy (non-hydrogen) atoms. The molecule has 0 saturated heterocycles. The number of carboxylic acids is 3. The van der Waals surface area contributed by atoms with Crippen LogP contribution < -0.4 is 0 Å². The zero-order chi connectivity index (χ0) is 56.0. The molecular weight excluding hydrogens is 1530 g/mol. The first-order chi connectivity index (χ1) is 35.9. The maximum atomic E-state index is 10.1. The Labute approximate surface area is 505 Å². The predicted molar refractivity (Wildman–Crippen MR) is 293 cm³/mol. The minimum Gasteiger partial charge on any atom is -0.509 e. The molecule has 0 radical (unpaired) electrons. The first-order valence-electron chi connectivity index (χ1n) is 24.4. The van der Waals surface area contributed by atoms with Crippen LogP contribution in [0.3, 0.4) is 0 Å². The molecule has 0 atom stereocenters. The number of pyridine rings is 3. The Morgan fingerprint density at radius 3 is 0.615 bits per heavy atom. The summed E-state index contributed by atoms with van der Waals surface area (Å²) in [5, 5.41) is 37.0. The van der Waals surface area contributed by atoms with Crippen LogP contribution in [-0.2, 0) is 93.0 Å². The number of nitrogens with zero attached hydrogens (tertiary/aromatic N) is 15. The number of carbonyl (C=O) groups is 3. The molecule has 0 bridgehead atoms. The van der Waals surface area contributed by atoms with Crippen LogP contribution in [0.25, 0.3) is 0 Å². The van der Waals surface area contributed by atoms with Gasteiger partial charge in [0.25, 0.3) is 0 Å². The van der Waals surface area contributed by atoms with Crippen molar-refractivity contribution in [3.8, 4) is 0 Å². The van der Waals surface area contributed by atoms with Crippen LogP contribution in [-0.4, -0.2) is 150 Å². The second-order valence-corrected chi connectivity index (χ2v) is 16.6. The average Bonchev–Trinajstić information content (AvgIpc) is 4.25. The maximum Gasteiger partial charge on any atom is 2.00 e. The quantitative estimate of drug-likeness (QED) is 0.174. The Bertz CT molecular complexity index is 1870. The Hall–Kier alpha value is -6.19. The topological polar surface area (TPSA) is 189 Å². The monoisotopic (exact) mass is 1610 g/mol. The van der Waals surface area contributed by atoms with Crippen molar-refractivity contribution < 1.29 is 89.1 Å². The Morgan fingerprint density at radius 2 is 0.513 bits per heavy atom. The van der Waals surface area contributed by atoms with Gasteiger partial charge in [-0.1, -0.05) is 79.0 Å². The van der Waals surface area contributed by atoms with E-state index in [1.54, 1.807) is 73.2 Å². The number of aromatic nitrogens is 3. The summed E-state index contributed by atoms with van der Waals surface area (Å²) < 4.78 is 0. The molecule has 0 amide bonds. The molecule has 9 rings (SSSR count). The van der Waals surface area contributed by atoms with E-state index in [1.165, 1.54) is 19.3 Å². The summed E-state index contributed by atoms with van der Waals surface area (Å²) in [4.78, 5) is 53.9. The molecule has 0 unspecified atom stereocenters. The van der Waals surface area contributed by atoms with Crippen LogP contribution >= 0.6 is 0 Å². The van der Waals surface area contributed by atoms with Crippen LogP contribution in [0, 0.1) is 40.0 Å². The van der Waals surface area contributed by atoms with E-state index in [0.29, 0.717) is 17.1 Å². The van der Waals surface area contributed by atoms with E-state index in [4.69, 9.17) is 15.3 Å². The maximum absolute atomic E-state index is 10.1. The van der Waals surface area contributed by atoms with Gasteiger partial charge in [0.2, 0.25) is 0 Å². The van der Waals surface area contributed by atoms with Gasteiger partial charge in [-0.05, 0) is 116 Å². The second kappa shape index (κ2) is 45.8. The molecule has 6 aliphatic heterocycles. The van der Waals surface area contributed by atoms with E-state index in [2.05, 4.69) is 56.5 Å². The standard InChI is InChI=1S/3C8H12N4.3C7H7NO2.3C3H8.3Os/c3*1-9-3-5-11(7-9)12-6-4-10(2)8-12;3*9-7(10)5-6-3-1-2-4-8-6;3*1-3-2;;;/h3*3-8H,1-2H3;3*1-4H,5H2,(H,9,10);3*3H2,1-2H3;;;/q3*-2;;;;;;;3*+2. The van der Waals surface area contributed by atoms with Crippen molar-refractivity contribution >= 4 is 17.9 Å². The van der Waals surface area contributed by atoms with Crippen LogP contribution in [0.5, 0.6) is 0 Å². The smallest absolute Gasteiger partial charge is 0.509 e. The van der Waals surface area contributed by atoms with Gasteiger partial charge < -0.3 is 74.8 Å². The van der Waals surface area contributed by atoms with Gasteiger partial charge in [-0.25, -0.2) is 0 Å². The summed E-state index contributed by atoms with van der Waals surface area (Å²) in [6, 6.07) is 15.6. The molecule has 3 aromatic rings. The fraction of sp³-hybridized carbons (Fsp3) is 0.333. The third-order valence-corrected chi connectivity index (χ3v) is 8.51. The second-order valence-electron chi connectivity index (χ2n) is 16.6. The molecule has 3 N–H and O–H groups in total. The number of carboxylic acid groups (broad SMARTS) is 3. The number of hydrogen-bond donors (Lipinski definition) is 3. The molecule has 9 heterocycles. The van der Waals surface area contributed by atoms with Gasteiger partial charge in [0.15, 0.2) is 0 Å². The molecule has 0 saturated carbocycles. The van der Waals surface area contributed by atoms with E-state index in [9.17, 15) is 14.4 Å². The van der Waals surface area contributed by atoms with Crippen molar-refractivity contribution in [3.05, 3.63) is 205 Å². The number of hydrazine groups is 3. The largest absolute Gasteiger partial charge is 2.00 e. The summed E-state index contributed by atoms with van der Waals surface area (Å²) in [6.45, 7) is 24.8. The fourth-order valence-electron chi connectivity index (χ4n) is 5.41. The molecule has 0 aromatic carbocycles. The van der Waals surface area contributed by atoms with Gasteiger partial charge in [0.1, 0.15) is 0 Å². The van der Waals surface area contributed by atoms with Gasteiger partial charge in [-0.2, -0.15) is 0 Å². The van der Waals surface area contributed by atoms with Gasteiger partial charge in [0, 0.05) is 55.8 Å². The first-order valence-corrected chi connectivity index (χ1v) is 24.4. The van der Waals surface area contributed by atoms with Crippen LogP contribution in [0.1, 0.15) is 77.9 Å². The van der Waals surface area contributed by atoms with Crippen molar-refractivity contribution in [2.45, 2.75) is 80.1 Å². The average molecular weight is 1610 g/mol. The van der Waals surface area contributed by atoms with Crippen molar-refractivity contribution in [3.63, 3.8) is 0 Å². The van der Waals surface area contributed by atoms with E-state index >= 15 is 0 Å². The number of hydrogen-bond acceptors (Lipinski definition) is 18. The molecule has 6 aliphatic rings. The van der Waals surface area contributed by atoms with Crippen molar-refractivity contribution in [2.24, 2.45) is 0 Å².